The Morgan fingerprint density at radius 2 is 1.94 bits per heavy atom. The van der Waals surface area contributed by atoms with E-state index in [9.17, 15) is 4.79 Å². The van der Waals surface area contributed by atoms with E-state index in [0.717, 1.165) is 22.3 Å². The van der Waals surface area contributed by atoms with Crippen molar-refractivity contribution in [3.63, 3.8) is 0 Å². The highest BCUT2D eigenvalue weighted by Crippen LogP contribution is 2.20. The fraction of sp³-hybridized carbons (Fsp3) is 0.214. The Balaban J connectivity index is 2.45. The van der Waals surface area contributed by atoms with E-state index in [0.29, 0.717) is 0 Å². The monoisotopic (exact) mass is 230 g/mol. The summed E-state index contributed by atoms with van der Waals surface area (Å²) < 4.78 is 0. The van der Waals surface area contributed by atoms with Crippen LogP contribution in [0.2, 0.25) is 0 Å². The Bertz CT molecular complexity index is 537. The second-order valence-corrected chi connectivity index (χ2v) is 5.14. The van der Waals surface area contributed by atoms with Crippen LogP contribution in [-0.2, 0) is 0 Å². The summed E-state index contributed by atoms with van der Waals surface area (Å²) in [6, 6.07) is 7.83. The lowest BCUT2D eigenvalue weighted by Crippen LogP contribution is -2.03. The van der Waals surface area contributed by atoms with Crippen LogP contribution in [0, 0.1) is 20.8 Å². The molecular weight excluding hydrogens is 216 g/mol. The molecule has 0 aliphatic carbocycles. The third-order valence-corrected chi connectivity index (χ3v) is 3.70. The molecule has 1 nitrogen and oxygen atoms in total. The zero-order chi connectivity index (χ0) is 11.7. The molecule has 0 unspecified atom stereocenters. The third-order valence-electron chi connectivity index (χ3n) is 2.84. The van der Waals surface area contributed by atoms with Gasteiger partial charge < -0.3 is 0 Å². The van der Waals surface area contributed by atoms with Crippen LogP contribution in [0.15, 0.2) is 29.6 Å². The molecule has 2 aromatic rings. The van der Waals surface area contributed by atoms with Crippen molar-refractivity contribution in [1.82, 2.24) is 0 Å². The van der Waals surface area contributed by atoms with Gasteiger partial charge in [-0.2, -0.15) is 0 Å². The Labute approximate surface area is 99.8 Å². The summed E-state index contributed by atoms with van der Waals surface area (Å²) in [5, 5.41) is 1.93. The largest absolute Gasteiger partial charge is 0.289 e. The standard InChI is InChI=1S/C14H14OS/c1-9-5-4-6-13(11(9)3)14(15)12-7-10(2)16-8-12/h4-8H,1-3H3. The quantitative estimate of drug-likeness (QED) is 0.715. The predicted molar refractivity (Wildman–Crippen MR) is 68.4 cm³/mol. The average Bonchev–Trinajstić information content (AvgIpc) is 2.68. The van der Waals surface area contributed by atoms with Crippen molar-refractivity contribution in [2.45, 2.75) is 20.8 Å². The number of carbonyl (C=O) groups excluding carboxylic acids is 1. The van der Waals surface area contributed by atoms with Crippen molar-refractivity contribution < 1.29 is 4.79 Å². The van der Waals surface area contributed by atoms with Crippen molar-refractivity contribution in [1.29, 1.82) is 0 Å². The number of benzene rings is 1. The maximum Gasteiger partial charge on any atom is 0.194 e. The van der Waals surface area contributed by atoms with Crippen LogP contribution < -0.4 is 0 Å². The molecule has 2 rings (SSSR count). The first kappa shape index (κ1) is 11.1. The van der Waals surface area contributed by atoms with E-state index in [2.05, 4.69) is 0 Å². The van der Waals surface area contributed by atoms with Crippen molar-refractivity contribution in [2.24, 2.45) is 0 Å². The molecule has 0 atom stereocenters. The van der Waals surface area contributed by atoms with E-state index < -0.39 is 0 Å². The number of thiophene rings is 1. The molecule has 0 radical (unpaired) electrons. The average molecular weight is 230 g/mol. The highest BCUT2D eigenvalue weighted by Gasteiger charge is 2.13. The zero-order valence-corrected chi connectivity index (χ0v) is 10.5. The maximum absolute atomic E-state index is 12.2. The van der Waals surface area contributed by atoms with Gasteiger partial charge >= 0.3 is 0 Å². The Morgan fingerprint density at radius 3 is 2.56 bits per heavy atom. The first-order valence-electron chi connectivity index (χ1n) is 5.25. The summed E-state index contributed by atoms with van der Waals surface area (Å²) in [6.45, 7) is 6.05. The van der Waals surface area contributed by atoms with E-state index in [-0.39, 0.29) is 5.78 Å². The number of hydrogen-bond donors (Lipinski definition) is 0. The minimum absolute atomic E-state index is 0.130. The first-order chi connectivity index (χ1) is 7.59. The van der Waals surface area contributed by atoms with Crippen LogP contribution in [0.4, 0.5) is 0 Å². The molecule has 1 aromatic carbocycles. The smallest absolute Gasteiger partial charge is 0.194 e. The predicted octanol–water partition coefficient (Wildman–Crippen LogP) is 3.90. The molecule has 2 heteroatoms. The van der Waals surface area contributed by atoms with Crippen LogP contribution in [0.3, 0.4) is 0 Å². The minimum atomic E-state index is 0.130. The molecule has 16 heavy (non-hydrogen) atoms. The summed E-state index contributed by atoms with van der Waals surface area (Å²) >= 11 is 1.62. The number of rotatable bonds is 2. The molecule has 0 saturated heterocycles. The minimum Gasteiger partial charge on any atom is -0.289 e. The lowest BCUT2D eigenvalue weighted by molar-refractivity contribution is 0.103. The number of ketones is 1. The molecule has 1 heterocycles. The van der Waals surface area contributed by atoms with E-state index in [1.807, 2.05) is 50.4 Å². The summed E-state index contributed by atoms with van der Waals surface area (Å²) in [6.07, 6.45) is 0. The van der Waals surface area contributed by atoms with Gasteiger partial charge in [0.15, 0.2) is 5.78 Å². The summed E-state index contributed by atoms with van der Waals surface area (Å²) in [7, 11) is 0. The Hall–Kier alpha value is -1.41. The third kappa shape index (κ3) is 1.93. The lowest BCUT2D eigenvalue weighted by Gasteiger charge is -2.06. The fourth-order valence-corrected chi connectivity index (χ4v) is 2.40. The number of hydrogen-bond acceptors (Lipinski definition) is 2. The van der Waals surface area contributed by atoms with Crippen LogP contribution in [-0.4, -0.2) is 5.78 Å². The lowest BCUT2D eigenvalue weighted by atomic mass is 9.97. The van der Waals surface area contributed by atoms with Gasteiger partial charge in [0.1, 0.15) is 0 Å². The molecule has 0 aliphatic rings. The van der Waals surface area contributed by atoms with E-state index >= 15 is 0 Å². The molecule has 0 aliphatic heterocycles. The van der Waals surface area contributed by atoms with Crippen molar-refractivity contribution in [3.05, 3.63) is 56.8 Å². The molecule has 0 bridgehead atoms. The van der Waals surface area contributed by atoms with Crippen LogP contribution in [0.1, 0.15) is 31.9 Å². The van der Waals surface area contributed by atoms with Gasteiger partial charge in [0.25, 0.3) is 0 Å². The Kier molecular flexibility index (Phi) is 2.92. The molecule has 0 fully saturated rings. The van der Waals surface area contributed by atoms with Crippen LogP contribution in [0.25, 0.3) is 0 Å². The molecule has 82 valence electrons. The molecule has 1 aromatic heterocycles. The number of aryl methyl sites for hydroxylation is 2. The zero-order valence-electron chi connectivity index (χ0n) is 9.70. The highest BCUT2D eigenvalue weighted by atomic mass is 32.1. The molecule has 0 amide bonds. The first-order valence-corrected chi connectivity index (χ1v) is 6.13. The molecule has 0 saturated carbocycles. The van der Waals surface area contributed by atoms with Gasteiger partial charge in [-0.25, -0.2) is 0 Å². The summed E-state index contributed by atoms with van der Waals surface area (Å²) in [4.78, 5) is 13.4. The summed E-state index contributed by atoms with van der Waals surface area (Å²) in [5.74, 6) is 0.130. The second-order valence-electron chi connectivity index (χ2n) is 4.02. The summed E-state index contributed by atoms with van der Waals surface area (Å²) in [5.41, 5.74) is 3.86. The SMILES string of the molecule is Cc1cc(C(=O)c2cccc(C)c2C)cs1. The molecule has 0 N–H and O–H groups in total. The number of carbonyl (C=O) groups is 1. The van der Waals surface area contributed by atoms with Gasteiger partial charge in [0.2, 0.25) is 0 Å². The topological polar surface area (TPSA) is 17.1 Å². The van der Waals surface area contributed by atoms with Gasteiger partial charge in [-0.3, -0.25) is 4.79 Å². The Morgan fingerprint density at radius 1 is 1.19 bits per heavy atom. The van der Waals surface area contributed by atoms with Gasteiger partial charge in [0, 0.05) is 21.4 Å². The van der Waals surface area contributed by atoms with Gasteiger partial charge in [-0.05, 0) is 38.0 Å². The van der Waals surface area contributed by atoms with Crippen LogP contribution >= 0.6 is 11.3 Å². The van der Waals surface area contributed by atoms with Crippen LogP contribution in [0.5, 0.6) is 0 Å². The van der Waals surface area contributed by atoms with Crippen molar-refractivity contribution in [3.8, 4) is 0 Å². The van der Waals surface area contributed by atoms with Gasteiger partial charge in [-0.1, -0.05) is 18.2 Å². The van der Waals surface area contributed by atoms with E-state index in [4.69, 9.17) is 0 Å². The van der Waals surface area contributed by atoms with E-state index in [1.54, 1.807) is 11.3 Å². The highest BCUT2D eigenvalue weighted by molar-refractivity contribution is 7.10. The molecule has 0 spiro atoms. The van der Waals surface area contributed by atoms with Crippen molar-refractivity contribution >= 4 is 17.1 Å². The van der Waals surface area contributed by atoms with E-state index in [1.165, 1.54) is 4.88 Å². The fourth-order valence-electron chi connectivity index (χ4n) is 1.72. The molecular formula is C14H14OS. The normalized spacial score (nSPS) is 10.4. The van der Waals surface area contributed by atoms with Gasteiger partial charge in [-0.15, -0.1) is 11.3 Å². The second kappa shape index (κ2) is 4.22. The maximum atomic E-state index is 12.2. The van der Waals surface area contributed by atoms with Crippen molar-refractivity contribution in [2.75, 3.05) is 0 Å². The van der Waals surface area contributed by atoms with Gasteiger partial charge in [0.05, 0.1) is 0 Å².